The number of carbonyl (C=O) groups is 2. The highest BCUT2D eigenvalue weighted by atomic mass is 16.6. The molecule has 0 aromatic heterocycles. The second kappa shape index (κ2) is 31.8. The molecule has 244 valence electrons. The maximum Gasteiger partial charge on any atom is 0.306 e. The standard InChI is InChI=1S/C36H70O5/c1-4-5-6-7-8-9-10-14-17-20-23-26-29-35(38)40-32-34(31-37)41-36(39)30-27-24-21-18-15-12-11-13-16-19-22-25-28-33(2)3/h33-34,37H,4-32H2,1-3H3/t34-/m0/s1. The summed E-state index contributed by atoms with van der Waals surface area (Å²) in [5.41, 5.74) is 0. The summed E-state index contributed by atoms with van der Waals surface area (Å²) < 4.78 is 10.6. The molecule has 0 bridgehead atoms. The molecule has 0 spiro atoms. The first-order valence-corrected chi connectivity index (χ1v) is 18.0. The summed E-state index contributed by atoms with van der Waals surface area (Å²) in [5, 5.41) is 9.51. The molecule has 1 N–H and O–H groups in total. The van der Waals surface area contributed by atoms with Gasteiger partial charge in [0.25, 0.3) is 0 Å². The van der Waals surface area contributed by atoms with Crippen LogP contribution in [0.4, 0.5) is 0 Å². The highest BCUT2D eigenvalue weighted by Gasteiger charge is 2.16. The molecular formula is C36H70O5. The molecule has 5 heteroatoms. The highest BCUT2D eigenvalue weighted by molar-refractivity contribution is 5.70. The van der Waals surface area contributed by atoms with Crippen LogP contribution in [-0.2, 0) is 19.1 Å². The van der Waals surface area contributed by atoms with Crippen LogP contribution in [0.15, 0.2) is 0 Å². The normalized spacial score (nSPS) is 12.1. The molecule has 0 saturated heterocycles. The van der Waals surface area contributed by atoms with Crippen molar-refractivity contribution in [2.45, 2.75) is 200 Å². The van der Waals surface area contributed by atoms with Gasteiger partial charge in [0, 0.05) is 12.8 Å². The molecular weight excluding hydrogens is 512 g/mol. The van der Waals surface area contributed by atoms with Crippen LogP contribution in [-0.4, -0.2) is 36.4 Å². The van der Waals surface area contributed by atoms with Gasteiger partial charge in [-0.05, 0) is 18.8 Å². The average Bonchev–Trinajstić information content (AvgIpc) is 2.95. The molecule has 0 heterocycles. The van der Waals surface area contributed by atoms with Gasteiger partial charge in [0.2, 0.25) is 0 Å². The molecule has 41 heavy (non-hydrogen) atoms. The number of aliphatic hydroxyl groups is 1. The van der Waals surface area contributed by atoms with E-state index in [4.69, 9.17) is 9.47 Å². The van der Waals surface area contributed by atoms with Crippen molar-refractivity contribution in [3.05, 3.63) is 0 Å². The highest BCUT2D eigenvalue weighted by Crippen LogP contribution is 2.15. The zero-order valence-corrected chi connectivity index (χ0v) is 27.7. The van der Waals surface area contributed by atoms with Crippen LogP contribution in [0, 0.1) is 5.92 Å². The van der Waals surface area contributed by atoms with Gasteiger partial charge in [0.1, 0.15) is 6.61 Å². The number of hydrogen-bond donors (Lipinski definition) is 1. The molecule has 0 fully saturated rings. The summed E-state index contributed by atoms with van der Waals surface area (Å²) in [5.74, 6) is 0.260. The first-order chi connectivity index (χ1) is 20.0. The maximum absolute atomic E-state index is 12.1. The van der Waals surface area contributed by atoms with Gasteiger partial charge in [0.05, 0.1) is 6.61 Å². The van der Waals surface area contributed by atoms with Crippen molar-refractivity contribution in [2.75, 3.05) is 13.2 Å². The molecule has 0 aliphatic rings. The summed E-state index contributed by atoms with van der Waals surface area (Å²) in [4.78, 5) is 24.1. The van der Waals surface area contributed by atoms with Crippen molar-refractivity contribution in [2.24, 2.45) is 5.92 Å². The van der Waals surface area contributed by atoms with Crippen LogP contribution in [0.25, 0.3) is 0 Å². The van der Waals surface area contributed by atoms with Crippen LogP contribution in [0.1, 0.15) is 194 Å². The van der Waals surface area contributed by atoms with Crippen LogP contribution < -0.4 is 0 Å². The maximum atomic E-state index is 12.1. The zero-order chi connectivity index (χ0) is 30.2. The van der Waals surface area contributed by atoms with E-state index in [1.165, 1.54) is 128 Å². The summed E-state index contributed by atoms with van der Waals surface area (Å²) in [6.45, 7) is 6.49. The zero-order valence-electron chi connectivity index (χ0n) is 27.7. The van der Waals surface area contributed by atoms with E-state index >= 15 is 0 Å². The first-order valence-electron chi connectivity index (χ1n) is 18.0. The molecule has 0 aliphatic heterocycles. The second-order valence-corrected chi connectivity index (χ2v) is 12.8. The van der Waals surface area contributed by atoms with E-state index in [2.05, 4.69) is 20.8 Å². The molecule has 0 unspecified atom stereocenters. The largest absolute Gasteiger partial charge is 0.462 e. The van der Waals surface area contributed by atoms with Crippen LogP contribution in [0.3, 0.4) is 0 Å². The molecule has 0 aromatic rings. The Bertz CT molecular complexity index is 562. The predicted octanol–water partition coefficient (Wildman–Crippen LogP) is 10.6. The molecule has 0 radical (unpaired) electrons. The Morgan fingerprint density at radius 3 is 1.29 bits per heavy atom. The van der Waals surface area contributed by atoms with E-state index in [0.29, 0.717) is 12.8 Å². The van der Waals surface area contributed by atoms with Crippen molar-refractivity contribution in [3.8, 4) is 0 Å². The molecule has 0 aliphatic carbocycles. The molecule has 0 aromatic carbocycles. The fourth-order valence-electron chi connectivity index (χ4n) is 5.33. The fraction of sp³-hybridized carbons (Fsp3) is 0.944. The van der Waals surface area contributed by atoms with E-state index < -0.39 is 6.10 Å². The minimum Gasteiger partial charge on any atom is -0.462 e. The Kier molecular flexibility index (Phi) is 31.0. The lowest BCUT2D eigenvalue weighted by atomic mass is 10.0. The minimum absolute atomic E-state index is 0.0583. The van der Waals surface area contributed by atoms with Gasteiger partial charge in [-0.25, -0.2) is 0 Å². The van der Waals surface area contributed by atoms with Crippen molar-refractivity contribution in [1.82, 2.24) is 0 Å². The third-order valence-electron chi connectivity index (χ3n) is 8.08. The number of ether oxygens (including phenoxy) is 2. The Morgan fingerprint density at radius 2 is 0.902 bits per heavy atom. The molecule has 0 saturated carbocycles. The molecule has 1 atom stereocenters. The van der Waals surface area contributed by atoms with Gasteiger partial charge in [-0.1, -0.05) is 168 Å². The van der Waals surface area contributed by atoms with Gasteiger partial charge < -0.3 is 14.6 Å². The van der Waals surface area contributed by atoms with Crippen LogP contribution in [0.5, 0.6) is 0 Å². The third kappa shape index (κ3) is 31.7. The van der Waals surface area contributed by atoms with E-state index in [1.54, 1.807) is 0 Å². The Morgan fingerprint density at radius 1 is 0.537 bits per heavy atom. The number of esters is 2. The Hall–Kier alpha value is -1.10. The monoisotopic (exact) mass is 583 g/mol. The van der Waals surface area contributed by atoms with Crippen molar-refractivity contribution in [1.29, 1.82) is 0 Å². The van der Waals surface area contributed by atoms with Gasteiger partial charge in [-0.3, -0.25) is 9.59 Å². The number of carbonyl (C=O) groups excluding carboxylic acids is 2. The summed E-state index contributed by atoms with van der Waals surface area (Å²) >= 11 is 0. The quantitative estimate of drug-likeness (QED) is 0.0631. The van der Waals surface area contributed by atoms with Crippen molar-refractivity contribution >= 4 is 11.9 Å². The number of hydrogen-bond acceptors (Lipinski definition) is 5. The topological polar surface area (TPSA) is 72.8 Å². The predicted molar refractivity (Wildman–Crippen MR) is 173 cm³/mol. The van der Waals surface area contributed by atoms with Gasteiger partial charge in [-0.15, -0.1) is 0 Å². The SMILES string of the molecule is CCCCCCCCCCCCCCC(=O)OC[C@H](CO)OC(=O)CCCCCCCCCCCCCCC(C)C. The van der Waals surface area contributed by atoms with E-state index in [-0.39, 0.29) is 25.2 Å². The van der Waals surface area contributed by atoms with Gasteiger partial charge in [-0.2, -0.15) is 0 Å². The Labute approximate surface area is 255 Å². The lowest BCUT2D eigenvalue weighted by Gasteiger charge is -2.15. The first kappa shape index (κ1) is 39.9. The van der Waals surface area contributed by atoms with Crippen LogP contribution >= 0.6 is 0 Å². The smallest absolute Gasteiger partial charge is 0.306 e. The molecule has 5 nitrogen and oxygen atoms in total. The van der Waals surface area contributed by atoms with Gasteiger partial charge >= 0.3 is 11.9 Å². The van der Waals surface area contributed by atoms with Crippen LogP contribution in [0.2, 0.25) is 0 Å². The van der Waals surface area contributed by atoms with Crippen molar-refractivity contribution < 1.29 is 24.2 Å². The minimum atomic E-state index is -0.761. The Balaban J connectivity index is 3.53. The number of aliphatic hydroxyl groups excluding tert-OH is 1. The second-order valence-electron chi connectivity index (χ2n) is 12.8. The molecule has 0 amide bonds. The summed E-state index contributed by atoms with van der Waals surface area (Å²) in [6.07, 6.45) is 31.5. The van der Waals surface area contributed by atoms with E-state index in [0.717, 1.165) is 38.0 Å². The fourth-order valence-corrected chi connectivity index (χ4v) is 5.33. The average molecular weight is 583 g/mol. The lowest BCUT2D eigenvalue weighted by Crippen LogP contribution is -2.28. The van der Waals surface area contributed by atoms with E-state index in [9.17, 15) is 14.7 Å². The summed E-state index contributed by atoms with van der Waals surface area (Å²) in [7, 11) is 0. The number of unbranched alkanes of at least 4 members (excludes halogenated alkanes) is 22. The lowest BCUT2D eigenvalue weighted by molar-refractivity contribution is -0.161. The molecule has 0 rings (SSSR count). The van der Waals surface area contributed by atoms with E-state index in [1.807, 2.05) is 0 Å². The summed E-state index contributed by atoms with van der Waals surface area (Å²) in [6, 6.07) is 0. The van der Waals surface area contributed by atoms with Gasteiger partial charge in [0.15, 0.2) is 6.10 Å². The van der Waals surface area contributed by atoms with Crippen molar-refractivity contribution in [3.63, 3.8) is 0 Å². The third-order valence-corrected chi connectivity index (χ3v) is 8.08. The number of rotatable bonds is 32.